The second-order valence-electron chi connectivity index (χ2n) is 5.37. The number of aliphatic hydroxyl groups is 1. The molecule has 0 amide bonds. The topological polar surface area (TPSA) is 29.5 Å². The molecule has 1 heterocycles. The van der Waals surface area contributed by atoms with Gasteiger partial charge in [0.15, 0.2) is 0 Å². The summed E-state index contributed by atoms with van der Waals surface area (Å²) in [5.74, 6) is 0.989. The predicted molar refractivity (Wildman–Crippen MR) is 53.6 cm³/mol. The number of aliphatic hydroxyl groups excluding tert-OH is 1. The van der Waals surface area contributed by atoms with Crippen molar-refractivity contribution in [1.29, 1.82) is 0 Å². The second kappa shape index (κ2) is 3.97. The van der Waals surface area contributed by atoms with E-state index in [2.05, 4.69) is 27.7 Å². The highest BCUT2D eigenvalue weighted by Gasteiger charge is 2.31. The summed E-state index contributed by atoms with van der Waals surface area (Å²) < 4.78 is 5.23. The molecule has 0 radical (unpaired) electrons. The fraction of sp³-hybridized carbons (Fsp3) is 1.00. The molecule has 0 aromatic carbocycles. The highest BCUT2D eigenvalue weighted by atomic mass is 16.5. The van der Waals surface area contributed by atoms with Crippen molar-refractivity contribution in [3.63, 3.8) is 0 Å². The molecule has 3 unspecified atom stereocenters. The van der Waals surface area contributed by atoms with E-state index in [1.165, 1.54) is 0 Å². The van der Waals surface area contributed by atoms with Gasteiger partial charge in [0.05, 0.1) is 19.3 Å². The van der Waals surface area contributed by atoms with Crippen LogP contribution in [0.4, 0.5) is 0 Å². The fourth-order valence-electron chi connectivity index (χ4n) is 1.62. The average Bonchev–Trinajstić information content (AvgIpc) is 2.34. The number of hydrogen-bond donors (Lipinski definition) is 1. The summed E-state index contributed by atoms with van der Waals surface area (Å²) >= 11 is 0. The zero-order valence-electron chi connectivity index (χ0n) is 9.21. The van der Waals surface area contributed by atoms with Crippen molar-refractivity contribution >= 4 is 0 Å². The van der Waals surface area contributed by atoms with Gasteiger partial charge in [0.1, 0.15) is 0 Å². The summed E-state index contributed by atoms with van der Waals surface area (Å²) in [6.45, 7) is 10.3. The van der Waals surface area contributed by atoms with Crippen molar-refractivity contribution in [2.45, 2.75) is 40.2 Å². The summed E-state index contributed by atoms with van der Waals surface area (Å²) in [5, 5.41) is 9.58. The van der Waals surface area contributed by atoms with E-state index in [0.717, 1.165) is 13.0 Å². The van der Waals surface area contributed by atoms with Crippen LogP contribution in [0.1, 0.15) is 34.1 Å². The summed E-state index contributed by atoms with van der Waals surface area (Å²) in [4.78, 5) is 0. The first-order chi connectivity index (χ1) is 5.91. The van der Waals surface area contributed by atoms with Crippen molar-refractivity contribution in [2.24, 2.45) is 17.3 Å². The molecule has 78 valence electrons. The van der Waals surface area contributed by atoms with Crippen LogP contribution < -0.4 is 0 Å². The Morgan fingerprint density at radius 1 is 1.38 bits per heavy atom. The molecule has 1 aliphatic rings. The third-order valence-corrected chi connectivity index (χ3v) is 3.30. The van der Waals surface area contributed by atoms with Crippen LogP contribution in [0.15, 0.2) is 0 Å². The molecular weight excluding hydrogens is 164 g/mol. The summed E-state index contributed by atoms with van der Waals surface area (Å²) in [5.41, 5.74) is 0.336. The summed E-state index contributed by atoms with van der Waals surface area (Å²) in [6, 6.07) is 0. The van der Waals surface area contributed by atoms with E-state index < -0.39 is 0 Å². The van der Waals surface area contributed by atoms with Gasteiger partial charge in [0, 0.05) is 5.92 Å². The Balaban J connectivity index is 2.40. The SMILES string of the molecule is CC(CC1COCC1O)C(C)(C)C. The predicted octanol–water partition coefficient (Wildman–Crippen LogP) is 2.07. The van der Waals surface area contributed by atoms with Gasteiger partial charge in [-0.25, -0.2) is 0 Å². The third kappa shape index (κ3) is 2.96. The Morgan fingerprint density at radius 2 is 2.00 bits per heavy atom. The highest BCUT2D eigenvalue weighted by Crippen LogP contribution is 2.33. The van der Waals surface area contributed by atoms with E-state index in [0.29, 0.717) is 23.9 Å². The standard InChI is InChI=1S/C11H22O2/c1-8(11(2,3)4)5-9-6-13-7-10(9)12/h8-10,12H,5-7H2,1-4H3. The van der Waals surface area contributed by atoms with Gasteiger partial charge in [0.25, 0.3) is 0 Å². The van der Waals surface area contributed by atoms with E-state index in [1.807, 2.05) is 0 Å². The van der Waals surface area contributed by atoms with Crippen molar-refractivity contribution in [3.8, 4) is 0 Å². The van der Waals surface area contributed by atoms with Gasteiger partial charge in [-0.2, -0.15) is 0 Å². The Hall–Kier alpha value is -0.0800. The third-order valence-electron chi connectivity index (χ3n) is 3.30. The smallest absolute Gasteiger partial charge is 0.0823 e. The van der Waals surface area contributed by atoms with Crippen molar-refractivity contribution in [2.75, 3.05) is 13.2 Å². The second-order valence-corrected chi connectivity index (χ2v) is 5.37. The molecule has 0 spiro atoms. The van der Waals surface area contributed by atoms with Gasteiger partial charge in [-0.3, -0.25) is 0 Å². The van der Waals surface area contributed by atoms with Crippen LogP contribution in [0.25, 0.3) is 0 Å². The molecule has 0 saturated carbocycles. The first-order valence-corrected chi connectivity index (χ1v) is 5.17. The van der Waals surface area contributed by atoms with Gasteiger partial charge in [-0.1, -0.05) is 27.7 Å². The zero-order valence-corrected chi connectivity index (χ0v) is 9.21. The largest absolute Gasteiger partial charge is 0.390 e. The maximum atomic E-state index is 9.58. The first kappa shape index (κ1) is 11.0. The number of rotatable bonds is 2. The van der Waals surface area contributed by atoms with E-state index in [-0.39, 0.29) is 6.10 Å². The molecule has 1 saturated heterocycles. The van der Waals surface area contributed by atoms with Crippen LogP contribution in [0.3, 0.4) is 0 Å². The maximum absolute atomic E-state index is 9.58. The molecule has 0 aromatic rings. The van der Waals surface area contributed by atoms with Crippen LogP contribution in [0, 0.1) is 17.3 Å². The van der Waals surface area contributed by atoms with Crippen molar-refractivity contribution in [1.82, 2.24) is 0 Å². The molecule has 1 N–H and O–H groups in total. The molecule has 13 heavy (non-hydrogen) atoms. The molecule has 2 nitrogen and oxygen atoms in total. The van der Waals surface area contributed by atoms with Crippen molar-refractivity contribution < 1.29 is 9.84 Å². The minimum Gasteiger partial charge on any atom is -0.390 e. The fourth-order valence-corrected chi connectivity index (χ4v) is 1.62. The lowest BCUT2D eigenvalue weighted by atomic mass is 9.76. The summed E-state index contributed by atoms with van der Waals surface area (Å²) in [7, 11) is 0. The molecule has 3 atom stereocenters. The molecule has 1 aliphatic heterocycles. The summed E-state index contributed by atoms with van der Waals surface area (Å²) in [6.07, 6.45) is 0.842. The Labute approximate surface area is 81.3 Å². The lowest BCUT2D eigenvalue weighted by Gasteiger charge is -2.29. The molecular formula is C11H22O2. The molecule has 0 aliphatic carbocycles. The Bertz CT molecular complexity index is 160. The number of ether oxygens (including phenoxy) is 1. The zero-order chi connectivity index (χ0) is 10.1. The molecule has 0 aromatic heterocycles. The Kier molecular flexibility index (Phi) is 3.36. The minimum absolute atomic E-state index is 0.232. The molecule has 1 rings (SSSR count). The quantitative estimate of drug-likeness (QED) is 0.715. The van der Waals surface area contributed by atoms with Crippen LogP contribution in [0.5, 0.6) is 0 Å². The Morgan fingerprint density at radius 3 is 2.38 bits per heavy atom. The van der Waals surface area contributed by atoms with Crippen LogP contribution >= 0.6 is 0 Å². The average molecular weight is 186 g/mol. The highest BCUT2D eigenvalue weighted by molar-refractivity contribution is 4.80. The first-order valence-electron chi connectivity index (χ1n) is 5.17. The van der Waals surface area contributed by atoms with Gasteiger partial charge in [0.2, 0.25) is 0 Å². The molecule has 1 fully saturated rings. The maximum Gasteiger partial charge on any atom is 0.0823 e. The van der Waals surface area contributed by atoms with Crippen LogP contribution in [-0.4, -0.2) is 24.4 Å². The van der Waals surface area contributed by atoms with Crippen LogP contribution in [0.2, 0.25) is 0 Å². The van der Waals surface area contributed by atoms with E-state index in [1.54, 1.807) is 0 Å². The van der Waals surface area contributed by atoms with Gasteiger partial charge in [-0.05, 0) is 17.8 Å². The van der Waals surface area contributed by atoms with E-state index >= 15 is 0 Å². The number of hydrogen-bond acceptors (Lipinski definition) is 2. The molecule has 2 heteroatoms. The lowest BCUT2D eigenvalue weighted by Crippen LogP contribution is -2.25. The van der Waals surface area contributed by atoms with E-state index in [4.69, 9.17) is 4.74 Å². The van der Waals surface area contributed by atoms with E-state index in [9.17, 15) is 5.11 Å². The van der Waals surface area contributed by atoms with Gasteiger partial charge < -0.3 is 9.84 Å². The van der Waals surface area contributed by atoms with Gasteiger partial charge >= 0.3 is 0 Å². The van der Waals surface area contributed by atoms with Crippen molar-refractivity contribution in [3.05, 3.63) is 0 Å². The van der Waals surface area contributed by atoms with Gasteiger partial charge in [-0.15, -0.1) is 0 Å². The normalized spacial score (nSPS) is 32.1. The minimum atomic E-state index is -0.232. The van der Waals surface area contributed by atoms with Crippen LogP contribution in [-0.2, 0) is 4.74 Å². The monoisotopic (exact) mass is 186 g/mol. The lowest BCUT2D eigenvalue weighted by molar-refractivity contribution is 0.105. The molecule has 0 bridgehead atoms.